The third-order valence-corrected chi connectivity index (χ3v) is 4.45. The number of fused-ring (bicyclic) bond motifs is 1. The van der Waals surface area contributed by atoms with Crippen molar-refractivity contribution in [2.24, 2.45) is 0 Å². The van der Waals surface area contributed by atoms with E-state index in [0.717, 1.165) is 24.4 Å². The Hall–Kier alpha value is -3.33. The Morgan fingerprint density at radius 2 is 1.97 bits per heavy atom. The van der Waals surface area contributed by atoms with E-state index in [-0.39, 0.29) is 18.2 Å². The van der Waals surface area contributed by atoms with Gasteiger partial charge in [0.15, 0.2) is 0 Å². The van der Waals surface area contributed by atoms with E-state index in [1.54, 1.807) is 0 Å². The van der Waals surface area contributed by atoms with Gasteiger partial charge in [-0.1, -0.05) is 12.1 Å². The van der Waals surface area contributed by atoms with Gasteiger partial charge in [0.1, 0.15) is 23.9 Å². The third kappa shape index (κ3) is 4.75. The molecule has 9 nitrogen and oxygen atoms in total. The van der Waals surface area contributed by atoms with Gasteiger partial charge in [0.2, 0.25) is 5.88 Å². The number of aryl methyl sites for hydroxylation is 1. The number of amides is 1. The molecular weight excluding hydrogens is 372 g/mol. The molecule has 1 aliphatic heterocycles. The van der Waals surface area contributed by atoms with Gasteiger partial charge in [0, 0.05) is 19.2 Å². The minimum atomic E-state index is -0.292. The Kier molecular flexibility index (Phi) is 5.76. The molecule has 0 unspecified atom stereocenters. The molecule has 1 aromatic carbocycles. The lowest BCUT2D eigenvalue weighted by molar-refractivity contribution is 0.0941. The number of hydrogen-bond acceptors (Lipinski definition) is 8. The maximum atomic E-state index is 12.3. The fourth-order valence-electron chi connectivity index (χ4n) is 3.03. The van der Waals surface area contributed by atoms with Gasteiger partial charge in [-0.05, 0) is 19.1 Å². The minimum absolute atomic E-state index is 0.274. The normalized spacial score (nSPS) is 14.0. The minimum Gasteiger partial charge on any atom is -0.476 e. The molecule has 1 amide bonds. The largest absolute Gasteiger partial charge is 0.476 e. The lowest BCUT2D eigenvalue weighted by atomic mass is 10.3. The lowest BCUT2D eigenvalue weighted by Crippen LogP contribution is -2.37. The van der Waals surface area contributed by atoms with Gasteiger partial charge in [-0.15, -0.1) is 0 Å². The van der Waals surface area contributed by atoms with Crippen LogP contribution in [-0.4, -0.2) is 65.3 Å². The first-order chi connectivity index (χ1) is 14.2. The average Bonchev–Trinajstić information content (AvgIpc) is 2.76. The van der Waals surface area contributed by atoms with E-state index < -0.39 is 0 Å². The van der Waals surface area contributed by atoms with Crippen LogP contribution in [0, 0.1) is 6.92 Å². The lowest BCUT2D eigenvalue weighted by Gasteiger charge is -2.28. The molecule has 1 N–H and O–H groups in total. The second-order valence-electron chi connectivity index (χ2n) is 6.56. The highest BCUT2D eigenvalue weighted by Gasteiger charge is 2.15. The number of anilines is 1. The molecule has 3 heterocycles. The Morgan fingerprint density at radius 1 is 1.17 bits per heavy atom. The molecule has 1 saturated heterocycles. The maximum absolute atomic E-state index is 12.3. The van der Waals surface area contributed by atoms with Crippen molar-refractivity contribution in [2.45, 2.75) is 6.92 Å². The number of rotatable bonds is 6. The van der Waals surface area contributed by atoms with Crippen LogP contribution in [-0.2, 0) is 4.74 Å². The Morgan fingerprint density at radius 3 is 2.79 bits per heavy atom. The van der Waals surface area contributed by atoms with E-state index in [2.05, 4.69) is 30.2 Å². The van der Waals surface area contributed by atoms with Crippen molar-refractivity contribution < 1.29 is 14.3 Å². The molecule has 1 aliphatic rings. The molecule has 0 spiro atoms. The molecule has 0 atom stereocenters. The van der Waals surface area contributed by atoms with Gasteiger partial charge < -0.3 is 19.7 Å². The average molecular weight is 394 g/mol. The SMILES string of the molecule is Cc1nc(OCCNC(=O)c2cnc3ccccc3n2)cc(N2CCOCC2)n1. The van der Waals surface area contributed by atoms with Gasteiger partial charge in [0.25, 0.3) is 5.91 Å². The molecule has 29 heavy (non-hydrogen) atoms. The summed E-state index contributed by atoms with van der Waals surface area (Å²) >= 11 is 0. The zero-order valence-corrected chi connectivity index (χ0v) is 16.2. The highest BCUT2D eigenvalue weighted by atomic mass is 16.5. The van der Waals surface area contributed by atoms with Crippen LogP contribution in [0.25, 0.3) is 11.0 Å². The van der Waals surface area contributed by atoms with Crippen LogP contribution in [0.5, 0.6) is 5.88 Å². The number of carbonyl (C=O) groups is 1. The molecule has 1 fully saturated rings. The molecule has 3 aromatic rings. The molecule has 9 heteroatoms. The van der Waals surface area contributed by atoms with Crippen LogP contribution < -0.4 is 15.0 Å². The van der Waals surface area contributed by atoms with Gasteiger partial charge in [-0.25, -0.2) is 9.97 Å². The number of hydrogen-bond donors (Lipinski definition) is 1. The van der Waals surface area contributed by atoms with E-state index in [0.29, 0.717) is 37.0 Å². The predicted octanol–water partition coefficient (Wildman–Crippen LogP) is 1.37. The molecule has 0 radical (unpaired) electrons. The van der Waals surface area contributed by atoms with Crippen molar-refractivity contribution in [2.75, 3.05) is 44.4 Å². The summed E-state index contributed by atoms with van der Waals surface area (Å²) in [6, 6.07) is 9.24. The fraction of sp³-hybridized carbons (Fsp3) is 0.350. The molecule has 0 aliphatic carbocycles. The number of nitrogens with zero attached hydrogens (tertiary/aromatic N) is 5. The Bertz CT molecular complexity index is 1010. The van der Waals surface area contributed by atoms with Crippen molar-refractivity contribution in [3.63, 3.8) is 0 Å². The van der Waals surface area contributed by atoms with Gasteiger partial charge in [-0.3, -0.25) is 9.78 Å². The third-order valence-electron chi connectivity index (χ3n) is 4.45. The van der Waals surface area contributed by atoms with Gasteiger partial charge in [-0.2, -0.15) is 4.98 Å². The number of nitrogens with one attached hydrogen (secondary N) is 1. The van der Waals surface area contributed by atoms with E-state index in [1.165, 1.54) is 6.20 Å². The maximum Gasteiger partial charge on any atom is 0.271 e. The quantitative estimate of drug-likeness (QED) is 0.626. The van der Waals surface area contributed by atoms with E-state index in [4.69, 9.17) is 9.47 Å². The van der Waals surface area contributed by atoms with Crippen LogP contribution in [0.1, 0.15) is 16.3 Å². The molecule has 2 aromatic heterocycles. The molecule has 0 saturated carbocycles. The van der Waals surface area contributed by atoms with E-state index in [1.807, 2.05) is 37.3 Å². The van der Waals surface area contributed by atoms with Crippen molar-refractivity contribution >= 4 is 22.8 Å². The van der Waals surface area contributed by atoms with Gasteiger partial charge in [0.05, 0.1) is 37.0 Å². The first kappa shape index (κ1) is 19.0. The number of para-hydroxylation sites is 2. The topological polar surface area (TPSA) is 102 Å². The summed E-state index contributed by atoms with van der Waals surface area (Å²) < 4.78 is 11.1. The summed E-state index contributed by atoms with van der Waals surface area (Å²) in [6.45, 7) is 5.38. The molecule has 150 valence electrons. The van der Waals surface area contributed by atoms with Crippen LogP contribution in [0.3, 0.4) is 0 Å². The summed E-state index contributed by atoms with van der Waals surface area (Å²) in [5.74, 6) is 1.66. The van der Waals surface area contributed by atoms with Crippen LogP contribution in [0.2, 0.25) is 0 Å². The van der Waals surface area contributed by atoms with E-state index >= 15 is 0 Å². The Balaban J connectivity index is 1.31. The highest BCUT2D eigenvalue weighted by Crippen LogP contribution is 2.18. The summed E-state index contributed by atoms with van der Waals surface area (Å²) in [6.07, 6.45) is 1.47. The van der Waals surface area contributed by atoms with Crippen LogP contribution in [0.4, 0.5) is 5.82 Å². The standard InChI is InChI=1S/C20H22N6O3/c1-14-23-18(26-7-10-28-11-8-26)12-19(24-14)29-9-6-21-20(27)17-13-22-15-4-2-3-5-16(15)25-17/h2-5,12-13H,6-11H2,1H3,(H,21,27). The second kappa shape index (κ2) is 8.78. The summed E-state index contributed by atoms with van der Waals surface area (Å²) in [5, 5.41) is 2.79. The zero-order valence-electron chi connectivity index (χ0n) is 16.2. The first-order valence-electron chi connectivity index (χ1n) is 9.50. The predicted molar refractivity (Wildman–Crippen MR) is 107 cm³/mol. The number of morpholine rings is 1. The first-order valence-corrected chi connectivity index (χ1v) is 9.50. The zero-order chi connectivity index (χ0) is 20.1. The summed E-state index contributed by atoms with van der Waals surface area (Å²) in [4.78, 5) is 31.8. The van der Waals surface area contributed by atoms with E-state index in [9.17, 15) is 4.79 Å². The molecular formula is C20H22N6O3. The van der Waals surface area contributed by atoms with Crippen molar-refractivity contribution in [3.05, 3.63) is 48.0 Å². The monoisotopic (exact) mass is 394 g/mol. The van der Waals surface area contributed by atoms with Crippen LogP contribution >= 0.6 is 0 Å². The summed E-state index contributed by atoms with van der Waals surface area (Å²) in [7, 11) is 0. The van der Waals surface area contributed by atoms with Crippen molar-refractivity contribution in [1.29, 1.82) is 0 Å². The Labute approximate surface area is 168 Å². The fourth-order valence-corrected chi connectivity index (χ4v) is 3.03. The number of ether oxygens (including phenoxy) is 2. The smallest absolute Gasteiger partial charge is 0.271 e. The number of carbonyl (C=O) groups excluding carboxylic acids is 1. The summed E-state index contributed by atoms with van der Waals surface area (Å²) in [5.41, 5.74) is 1.71. The van der Waals surface area contributed by atoms with Crippen LogP contribution in [0.15, 0.2) is 36.5 Å². The molecule has 4 rings (SSSR count). The highest BCUT2D eigenvalue weighted by molar-refractivity contribution is 5.93. The van der Waals surface area contributed by atoms with Gasteiger partial charge >= 0.3 is 0 Å². The van der Waals surface area contributed by atoms with Crippen molar-refractivity contribution in [3.8, 4) is 5.88 Å². The number of benzene rings is 1. The molecule has 0 bridgehead atoms. The second-order valence-corrected chi connectivity index (χ2v) is 6.56. The van der Waals surface area contributed by atoms with Crippen molar-refractivity contribution in [1.82, 2.24) is 25.3 Å². The number of aromatic nitrogens is 4.